The van der Waals surface area contributed by atoms with Gasteiger partial charge in [-0.05, 0) is 35.0 Å². The number of para-hydroxylation sites is 1. The van der Waals surface area contributed by atoms with E-state index in [2.05, 4.69) is 10.6 Å². The summed E-state index contributed by atoms with van der Waals surface area (Å²) in [6.45, 7) is 1.87. The molecule has 0 aliphatic heterocycles. The first-order valence-electron chi connectivity index (χ1n) is 8.91. The van der Waals surface area contributed by atoms with Crippen LogP contribution in [0.25, 0.3) is 5.69 Å². The highest BCUT2D eigenvalue weighted by atomic mass is 32.2. The Kier molecular flexibility index (Phi) is 6.61. The zero-order valence-electron chi connectivity index (χ0n) is 16.2. The van der Waals surface area contributed by atoms with Gasteiger partial charge in [0.1, 0.15) is 11.5 Å². The van der Waals surface area contributed by atoms with Crippen LogP contribution >= 0.6 is 11.8 Å². The molecule has 1 aromatic heterocycles. The third kappa shape index (κ3) is 4.62. The van der Waals surface area contributed by atoms with Crippen molar-refractivity contribution in [1.82, 2.24) is 5.27 Å². The fourth-order valence-electron chi connectivity index (χ4n) is 2.64. The van der Waals surface area contributed by atoms with E-state index in [1.807, 2.05) is 25.1 Å². The Morgan fingerprint density at radius 3 is 2.66 bits per heavy atom. The first-order valence-corrected chi connectivity index (χ1v) is 9.79. The van der Waals surface area contributed by atoms with Crippen LogP contribution in [0.2, 0.25) is 0 Å². The smallest absolute Gasteiger partial charge is 0.298 e. The van der Waals surface area contributed by atoms with Crippen LogP contribution in [-0.4, -0.2) is 30.6 Å². The van der Waals surface area contributed by atoms with E-state index < -0.39 is 11.2 Å². The lowest BCUT2D eigenvalue weighted by atomic mass is 10.2. The van der Waals surface area contributed by atoms with E-state index in [0.717, 1.165) is 11.8 Å². The highest BCUT2D eigenvalue weighted by Gasteiger charge is 2.28. The number of hydrogen-bond donors (Lipinski definition) is 1. The van der Waals surface area contributed by atoms with Gasteiger partial charge in [-0.2, -0.15) is 0 Å². The van der Waals surface area contributed by atoms with Gasteiger partial charge in [0.2, 0.25) is 11.6 Å². The number of nitrogens with one attached hydrogen (secondary N) is 1. The third-order valence-corrected chi connectivity index (χ3v) is 5.55. The van der Waals surface area contributed by atoms with E-state index in [-0.39, 0.29) is 10.9 Å². The predicted octanol–water partition coefficient (Wildman–Crippen LogP) is 2.55. The van der Waals surface area contributed by atoms with E-state index >= 15 is 0 Å². The molecule has 152 valence electrons. The summed E-state index contributed by atoms with van der Waals surface area (Å²) in [4.78, 5) is 12.9. The lowest BCUT2D eigenvalue weighted by Crippen LogP contribution is -2.36. The molecule has 2 aromatic carbocycles. The molecule has 29 heavy (non-hydrogen) atoms. The average molecular weight is 415 g/mol. The fraction of sp³-hybridized carbons (Fsp3) is 0.250. The Bertz CT molecular complexity index is 978. The summed E-state index contributed by atoms with van der Waals surface area (Å²) in [5.74, 6) is 0.241. The molecule has 0 saturated carbocycles. The Hall–Kier alpha value is -3.20. The molecular formula is C20H21N3O5S. The normalized spacial score (nSPS) is 11.7. The van der Waals surface area contributed by atoms with Gasteiger partial charge in [0.05, 0.1) is 30.4 Å². The van der Waals surface area contributed by atoms with Crippen molar-refractivity contribution in [1.29, 1.82) is 0 Å². The van der Waals surface area contributed by atoms with Gasteiger partial charge >= 0.3 is 0 Å². The minimum atomic E-state index is -0.591. The number of aromatic nitrogens is 2. The van der Waals surface area contributed by atoms with Gasteiger partial charge in [0.15, 0.2) is 5.95 Å². The molecule has 0 aliphatic carbocycles. The van der Waals surface area contributed by atoms with Crippen molar-refractivity contribution < 1.29 is 28.6 Å². The molecule has 0 fully saturated rings. The molecular weight excluding hydrogens is 394 g/mol. The number of anilines is 1. The minimum absolute atomic E-state index is 0.236. The van der Waals surface area contributed by atoms with Gasteiger partial charge in [-0.15, -0.1) is 0 Å². The first kappa shape index (κ1) is 20.5. The van der Waals surface area contributed by atoms with E-state index in [0.29, 0.717) is 29.3 Å². The topological polar surface area (TPSA) is 101 Å². The number of rotatable bonds is 8. The molecule has 0 saturated heterocycles. The largest absolute Gasteiger partial charge is 0.538 e. The lowest BCUT2D eigenvalue weighted by molar-refractivity contribution is -0.705. The number of hydrogen-bond acceptors (Lipinski definition) is 7. The maximum atomic E-state index is 12.9. The second-order valence-corrected chi connectivity index (χ2v) is 7.17. The third-order valence-electron chi connectivity index (χ3n) is 4.16. The number of methoxy groups -OCH3 is 2. The van der Waals surface area contributed by atoms with Gasteiger partial charge in [0, 0.05) is 18.2 Å². The number of nitrogens with zero attached hydrogens (tertiary/aromatic N) is 2. The van der Waals surface area contributed by atoms with Crippen LogP contribution in [-0.2, 0) is 4.79 Å². The number of benzene rings is 2. The molecule has 3 aromatic rings. The van der Waals surface area contributed by atoms with Gasteiger partial charge in [-0.1, -0.05) is 25.1 Å². The number of amides is 1. The number of carbonyl (C=O) groups is 1. The molecule has 9 heteroatoms. The molecule has 3 rings (SSSR count). The molecule has 0 bridgehead atoms. The summed E-state index contributed by atoms with van der Waals surface area (Å²) in [7, 11) is 3.07. The van der Waals surface area contributed by atoms with E-state index in [4.69, 9.17) is 14.0 Å². The van der Waals surface area contributed by atoms with E-state index in [1.54, 1.807) is 37.4 Å². The van der Waals surface area contributed by atoms with Crippen molar-refractivity contribution in [2.24, 2.45) is 0 Å². The molecule has 0 radical (unpaired) electrons. The fourth-order valence-corrected chi connectivity index (χ4v) is 3.62. The molecule has 1 atom stereocenters. The highest BCUT2D eigenvalue weighted by molar-refractivity contribution is 8.00. The Morgan fingerprint density at radius 2 is 2.00 bits per heavy atom. The maximum absolute atomic E-state index is 12.9. The maximum Gasteiger partial charge on any atom is 0.298 e. The second-order valence-electron chi connectivity index (χ2n) is 5.98. The molecule has 0 aliphatic rings. The quantitative estimate of drug-likeness (QED) is 0.446. The minimum Gasteiger partial charge on any atom is -0.538 e. The first-order chi connectivity index (χ1) is 14.1. The Balaban J connectivity index is 1.81. The van der Waals surface area contributed by atoms with Crippen molar-refractivity contribution >= 4 is 23.4 Å². The molecule has 8 nitrogen and oxygen atoms in total. The van der Waals surface area contributed by atoms with Crippen molar-refractivity contribution in [2.45, 2.75) is 23.6 Å². The number of thioether (sulfide) groups is 1. The summed E-state index contributed by atoms with van der Waals surface area (Å²) in [6, 6.07) is 14.2. The molecule has 1 amide bonds. The number of ether oxygens (including phenoxy) is 2. The molecule has 0 spiro atoms. The van der Waals surface area contributed by atoms with Crippen LogP contribution in [0.5, 0.6) is 17.4 Å². The van der Waals surface area contributed by atoms with E-state index in [1.165, 1.54) is 11.8 Å². The molecule has 1 unspecified atom stereocenters. The standard InChI is InChI=1S/C20H21N3O5S/c1-4-17(18(24)21-15-11-10-14(26-2)12-16(15)27-3)29-19-20(25)28-22-23(19)13-8-6-5-7-9-13/h5-12,17H,4H2,1-3H3,(H-,21,22,24,25). The van der Waals surface area contributed by atoms with Gasteiger partial charge < -0.3 is 24.4 Å². The SMILES string of the molecule is CCC(Sc1c([O-])on[n+]1-c1ccccc1)C(=O)Nc1ccc(OC)cc1OC. The number of carbonyl (C=O) groups excluding carboxylic acids is 1. The van der Waals surface area contributed by atoms with Crippen molar-refractivity contribution in [3.05, 3.63) is 48.5 Å². The summed E-state index contributed by atoms with van der Waals surface area (Å²) in [6.07, 6.45) is 0.494. The van der Waals surface area contributed by atoms with Gasteiger partial charge in [0.25, 0.3) is 5.03 Å². The van der Waals surface area contributed by atoms with Crippen molar-refractivity contribution in [3.8, 4) is 23.1 Å². The molecule has 1 N–H and O–H groups in total. The van der Waals surface area contributed by atoms with Crippen LogP contribution in [0.3, 0.4) is 0 Å². The summed E-state index contributed by atoms with van der Waals surface area (Å²) < 4.78 is 16.7. The average Bonchev–Trinajstić information content (AvgIpc) is 3.12. The highest BCUT2D eigenvalue weighted by Crippen LogP contribution is 2.32. The van der Waals surface area contributed by atoms with Crippen LogP contribution in [0.15, 0.2) is 58.1 Å². The predicted molar refractivity (Wildman–Crippen MR) is 106 cm³/mol. The molecule has 1 heterocycles. The Labute approximate surface area is 172 Å². The van der Waals surface area contributed by atoms with Crippen molar-refractivity contribution in [3.63, 3.8) is 0 Å². The zero-order chi connectivity index (χ0) is 20.8. The monoisotopic (exact) mass is 415 g/mol. The summed E-state index contributed by atoms with van der Waals surface area (Å²) in [5, 5.41) is 18.5. The summed E-state index contributed by atoms with van der Waals surface area (Å²) >= 11 is 1.11. The van der Waals surface area contributed by atoms with Crippen molar-refractivity contribution in [2.75, 3.05) is 19.5 Å². The van der Waals surface area contributed by atoms with Crippen LogP contribution < -0.4 is 24.6 Å². The van der Waals surface area contributed by atoms with E-state index in [9.17, 15) is 9.90 Å². The Morgan fingerprint density at radius 1 is 1.24 bits per heavy atom. The zero-order valence-corrected chi connectivity index (χ0v) is 17.1. The van der Waals surface area contributed by atoms with Crippen LogP contribution in [0.1, 0.15) is 13.3 Å². The lowest BCUT2D eigenvalue weighted by Gasteiger charge is -2.15. The van der Waals surface area contributed by atoms with Crippen LogP contribution in [0, 0.1) is 0 Å². The summed E-state index contributed by atoms with van der Waals surface area (Å²) in [5.41, 5.74) is 1.19. The van der Waals surface area contributed by atoms with Gasteiger partial charge in [-0.3, -0.25) is 4.79 Å². The van der Waals surface area contributed by atoms with Crippen LogP contribution in [0.4, 0.5) is 5.69 Å². The second kappa shape index (κ2) is 9.33. The van der Waals surface area contributed by atoms with Gasteiger partial charge in [-0.25, -0.2) is 0 Å².